The van der Waals surface area contributed by atoms with Gasteiger partial charge in [0.2, 0.25) is 11.8 Å². The van der Waals surface area contributed by atoms with E-state index >= 15 is 0 Å². The summed E-state index contributed by atoms with van der Waals surface area (Å²) >= 11 is 0. The second-order valence-electron chi connectivity index (χ2n) is 5.97. The molecular weight excluding hydrogens is 294 g/mol. The SMILES string of the molecule is C[C@@H](O)CN(CC(=O)N[C@H]1CCCCNC1=O)c1ccccc1. The second-order valence-corrected chi connectivity index (χ2v) is 5.97. The molecule has 1 saturated heterocycles. The van der Waals surface area contributed by atoms with Crippen LogP contribution in [0.5, 0.6) is 0 Å². The van der Waals surface area contributed by atoms with Crippen LogP contribution in [0.25, 0.3) is 0 Å². The van der Waals surface area contributed by atoms with Crippen molar-refractivity contribution < 1.29 is 14.7 Å². The van der Waals surface area contributed by atoms with Crippen LogP contribution in [-0.4, -0.2) is 48.7 Å². The van der Waals surface area contributed by atoms with Crippen LogP contribution in [0, 0.1) is 0 Å². The van der Waals surface area contributed by atoms with Crippen LogP contribution in [0.15, 0.2) is 30.3 Å². The van der Waals surface area contributed by atoms with Crippen molar-refractivity contribution in [3.05, 3.63) is 30.3 Å². The summed E-state index contributed by atoms with van der Waals surface area (Å²) in [6, 6.07) is 9.01. The smallest absolute Gasteiger partial charge is 0.242 e. The van der Waals surface area contributed by atoms with Gasteiger partial charge in [0.25, 0.3) is 0 Å². The molecule has 0 unspecified atom stereocenters. The maximum atomic E-state index is 12.3. The van der Waals surface area contributed by atoms with Crippen LogP contribution in [0.1, 0.15) is 26.2 Å². The number of amides is 2. The molecule has 1 aromatic rings. The summed E-state index contributed by atoms with van der Waals surface area (Å²) in [6.45, 7) is 2.82. The maximum absolute atomic E-state index is 12.3. The first-order valence-electron chi connectivity index (χ1n) is 8.11. The van der Waals surface area contributed by atoms with E-state index in [0.717, 1.165) is 18.5 Å². The molecule has 1 aliphatic heterocycles. The summed E-state index contributed by atoms with van der Waals surface area (Å²) < 4.78 is 0. The van der Waals surface area contributed by atoms with Gasteiger partial charge >= 0.3 is 0 Å². The molecule has 1 fully saturated rings. The van der Waals surface area contributed by atoms with Crippen LogP contribution in [0.2, 0.25) is 0 Å². The van der Waals surface area contributed by atoms with Crippen LogP contribution in [-0.2, 0) is 9.59 Å². The average Bonchev–Trinajstić information content (AvgIpc) is 2.72. The molecular formula is C17H25N3O3. The summed E-state index contributed by atoms with van der Waals surface area (Å²) in [4.78, 5) is 26.0. The number of hydrogen-bond acceptors (Lipinski definition) is 4. The fraction of sp³-hybridized carbons (Fsp3) is 0.529. The fourth-order valence-electron chi connectivity index (χ4n) is 2.71. The van der Waals surface area contributed by atoms with Crippen LogP contribution in [0.4, 0.5) is 5.69 Å². The third kappa shape index (κ3) is 5.56. The van der Waals surface area contributed by atoms with E-state index < -0.39 is 12.1 Å². The molecule has 0 saturated carbocycles. The van der Waals surface area contributed by atoms with E-state index in [1.807, 2.05) is 35.2 Å². The predicted octanol–water partition coefficient (Wildman–Crippen LogP) is 0.659. The maximum Gasteiger partial charge on any atom is 0.242 e. The van der Waals surface area contributed by atoms with Crippen LogP contribution < -0.4 is 15.5 Å². The summed E-state index contributed by atoms with van der Waals surface area (Å²) in [5.41, 5.74) is 0.869. The number of carbonyl (C=O) groups is 2. The van der Waals surface area contributed by atoms with Gasteiger partial charge in [-0.25, -0.2) is 0 Å². The third-order valence-electron chi connectivity index (χ3n) is 3.81. The molecule has 0 spiro atoms. The summed E-state index contributed by atoms with van der Waals surface area (Å²) in [5, 5.41) is 15.3. The first-order chi connectivity index (χ1) is 11.1. The van der Waals surface area contributed by atoms with Crippen molar-refractivity contribution in [2.45, 2.75) is 38.3 Å². The Bertz CT molecular complexity index is 519. The zero-order valence-electron chi connectivity index (χ0n) is 13.5. The Morgan fingerprint density at radius 1 is 1.39 bits per heavy atom. The molecule has 2 atom stereocenters. The molecule has 126 valence electrons. The number of benzene rings is 1. The minimum absolute atomic E-state index is 0.110. The molecule has 0 aromatic heterocycles. The van der Waals surface area contributed by atoms with Gasteiger partial charge in [-0.05, 0) is 38.3 Å². The fourth-order valence-corrected chi connectivity index (χ4v) is 2.71. The molecule has 6 heteroatoms. The highest BCUT2D eigenvalue weighted by molar-refractivity contribution is 5.89. The Morgan fingerprint density at radius 2 is 2.13 bits per heavy atom. The predicted molar refractivity (Wildman–Crippen MR) is 89.1 cm³/mol. The molecule has 6 nitrogen and oxygen atoms in total. The number of rotatable bonds is 6. The highest BCUT2D eigenvalue weighted by Gasteiger charge is 2.23. The number of nitrogens with one attached hydrogen (secondary N) is 2. The highest BCUT2D eigenvalue weighted by atomic mass is 16.3. The third-order valence-corrected chi connectivity index (χ3v) is 3.81. The van der Waals surface area contributed by atoms with E-state index in [4.69, 9.17) is 0 Å². The molecule has 0 aliphatic carbocycles. The lowest BCUT2D eigenvalue weighted by Gasteiger charge is -2.26. The van der Waals surface area contributed by atoms with Gasteiger partial charge in [0.15, 0.2) is 0 Å². The first kappa shape index (κ1) is 17.3. The standard InChI is InChI=1S/C17H25N3O3/c1-13(21)11-20(14-7-3-2-4-8-14)12-16(22)19-15-9-5-6-10-18-17(15)23/h2-4,7-8,13,15,21H,5-6,9-12H2,1H3,(H,18,23)(H,19,22)/t13-,15+/m1/s1. The molecule has 0 radical (unpaired) electrons. The van der Waals surface area contributed by atoms with Crippen molar-refractivity contribution in [3.63, 3.8) is 0 Å². The Kier molecular flexibility index (Phi) is 6.40. The number of hydrogen-bond donors (Lipinski definition) is 3. The van der Waals surface area contributed by atoms with E-state index in [0.29, 0.717) is 19.5 Å². The van der Waals surface area contributed by atoms with Crippen molar-refractivity contribution in [2.24, 2.45) is 0 Å². The molecule has 23 heavy (non-hydrogen) atoms. The molecule has 3 N–H and O–H groups in total. The Labute approximate surface area is 136 Å². The average molecular weight is 319 g/mol. The number of para-hydroxylation sites is 1. The molecule has 2 amide bonds. The van der Waals surface area contributed by atoms with Crippen molar-refractivity contribution >= 4 is 17.5 Å². The summed E-state index contributed by atoms with van der Waals surface area (Å²) in [6.07, 6.45) is 1.97. The van der Waals surface area contributed by atoms with Crippen molar-refractivity contribution in [2.75, 3.05) is 24.5 Å². The van der Waals surface area contributed by atoms with Gasteiger partial charge in [0.1, 0.15) is 6.04 Å². The summed E-state index contributed by atoms with van der Waals surface area (Å²) in [5.74, 6) is -0.325. The summed E-state index contributed by atoms with van der Waals surface area (Å²) in [7, 11) is 0. The number of aliphatic hydroxyl groups excluding tert-OH is 1. The van der Waals surface area contributed by atoms with E-state index in [1.165, 1.54) is 0 Å². The van der Waals surface area contributed by atoms with Crippen LogP contribution in [0.3, 0.4) is 0 Å². The Morgan fingerprint density at radius 3 is 2.83 bits per heavy atom. The Balaban J connectivity index is 1.98. The van der Waals surface area contributed by atoms with E-state index in [2.05, 4.69) is 10.6 Å². The van der Waals surface area contributed by atoms with Gasteiger partial charge in [0, 0.05) is 18.8 Å². The molecule has 0 bridgehead atoms. The van der Waals surface area contributed by atoms with E-state index in [1.54, 1.807) is 6.92 Å². The quantitative estimate of drug-likeness (QED) is 0.719. The van der Waals surface area contributed by atoms with E-state index in [9.17, 15) is 14.7 Å². The van der Waals surface area contributed by atoms with Gasteiger partial charge in [-0.2, -0.15) is 0 Å². The topological polar surface area (TPSA) is 81.7 Å². The zero-order valence-corrected chi connectivity index (χ0v) is 13.5. The van der Waals surface area contributed by atoms with Crippen LogP contribution >= 0.6 is 0 Å². The molecule has 1 aliphatic rings. The molecule has 1 heterocycles. The van der Waals surface area contributed by atoms with Gasteiger partial charge < -0.3 is 20.6 Å². The number of carbonyl (C=O) groups excluding carboxylic acids is 2. The zero-order chi connectivity index (χ0) is 16.7. The molecule has 1 aromatic carbocycles. The van der Waals surface area contributed by atoms with Gasteiger partial charge in [-0.15, -0.1) is 0 Å². The number of anilines is 1. The minimum atomic E-state index is -0.552. The van der Waals surface area contributed by atoms with Gasteiger partial charge in [-0.3, -0.25) is 9.59 Å². The first-order valence-corrected chi connectivity index (χ1v) is 8.11. The van der Waals surface area contributed by atoms with Gasteiger partial charge in [-0.1, -0.05) is 18.2 Å². The van der Waals surface area contributed by atoms with Crippen molar-refractivity contribution in [1.29, 1.82) is 0 Å². The lowest BCUT2D eigenvalue weighted by atomic mass is 10.1. The van der Waals surface area contributed by atoms with Crippen molar-refractivity contribution in [3.8, 4) is 0 Å². The Hall–Kier alpha value is -2.08. The number of aliphatic hydroxyl groups is 1. The van der Waals surface area contributed by atoms with Crippen molar-refractivity contribution in [1.82, 2.24) is 10.6 Å². The van der Waals surface area contributed by atoms with E-state index in [-0.39, 0.29) is 18.4 Å². The van der Waals surface area contributed by atoms with Gasteiger partial charge in [0.05, 0.1) is 12.6 Å². The largest absolute Gasteiger partial charge is 0.392 e. The monoisotopic (exact) mass is 319 g/mol. The lowest BCUT2D eigenvalue weighted by Crippen LogP contribution is -2.49. The minimum Gasteiger partial charge on any atom is -0.392 e. The lowest BCUT2D eigenvalue weighted by molar-refractivity contribution is -0.128. The second kappa shape index (κ2) is 8.53. The number of nitrogens with zero attached hydrogens (tertiary/aromatic N) is 1. The normalized spacial score (nSPS) is 19.4. The molecule has 2 rings (SSSR count). The highest BCUT2D eigenvalue weighted by Crippen LogP contribution is 2.13.